The Bertz CT molecular complexity index is 117. The first-order valence-electron chi connectivity index (χ1n) is 2.78. The van der Waals surface area contributed by atoms with Gasteiger partial charge in [-0.1, -0.05) is 13.8 Å². The van der Waals surface area contributed by atoms with Gasteiger partial charge in [0, 0.05) is 5.92 Å². The highest BCUT2D eigenvalue weighted by molar-refractivity contribution is 6.26. The monoisotopic (exact) mass is 134 g/mol. The molecule has 52 valence electrons. The van der Waals surface area contributed by atoms with Gasteiger partial charge in [-0.3, -0.25) is 4.79 Å². The number of carbonyl (C=O) groups is 1. The normalized spacial score (nSPS) is 12.1. The van der Waals surface area contributed by atoms with Crippen molar-refractivity contribution in [3.05, 3.63) is 0 Å². The molecule has 0 saturated heterocycles. The smallest absolute Gasteiger partial charge is 0.262 e. The quantitative estimate of drug-likeness (QED) is 0.500. The van der Waals surface area contributed by atoms with E-state index in [1.807, 2.05) is 0 Å². The second-order valence-electron chi connectivity index (χ2n) is 2.41. The van der Waals surface area contributed by atoms with Crippen molar-refractivity contribution in [2.24, 2.45) is 5.92 Å². The van der Waals surface area contributed by atoms with Gasteiger partial charge in [-0.15, -0.1) is 0 Å². The average Bonchev–Trinajstić information content (AvgIpc) is 1.62. The van der Waals surface area contributed by atoms with Crippen LogP contribution in [0.2, 0.25) is 0 Å². The molecule has 0 rings (SSSR count). The molecule has 0 fully saturated rings. The van der Waals surface area contributed by atoms with Gasteiger partial charge in [0.2, 0.25) is 7.85 Å². The highest BCUT2D eigenvalue weighted by Crippen LogP contribution is 2.14. The van der Waals surface area contributed by atoms with Crippen LogP contribution in [0.1, 0.15) is 13.8 Å². The Kier molecular flexibility index (Phi) is 2.35. The second kappa shape index (κ2) is 2.46. The molecule has 9 heavy (non-hydrogen) atoms. The van der Waals surface area contributed by atoms with Crippen molar-refractivity contribution in [1.82, 2.24) is 0 Å². The zero-order chi connectivity index (χ0) is 7.65. The Morgan fingerprint density at radius 1 is 1.56 bits per heavy atom. The van der Waals surface area contributed by atoms with E-state index in [1.54, 1.807) is 0 Å². The summed E-state index contributed by atoms with van der Waals surface area (Å²) < 4.78 is 24.0. The van der Waals surface area contributed by atoms with Crippen LogP contribution < -0.4 is 0 Å². The first kappa shape index (κ1) is 8.59. The van der Waals surface area contributed by atoms with E-state index in [1.165, 1.54) is 13.8 Å². The Hall–Kier alpha value is -0.405. The summed E-state index contributed by atoms with van der Waals surface area (Å²) in [5, 5.41) is 0. The van der Waals surface area contributed by atoms with Gasteiger partial charge < -0.3 is 0 Å². The Labute approximate surface area is 53.8 Å². The van der Waals surface area contributed by atoms with Crippen LogP contribution in [0.15, 0.2) is 0 Å². The summed E-state index contributed by atoms with van der Waals surface area (Å²) in [6.07, 6.45) is 0. The van der Waals surface area contributed by atoms with Crippen LogP contribution in [0.4, 0.5) is 8.78 Å². The van der Waals surface area contributed by atoms with Crippen LogP contribution in [-0.4, -0.2) is 19.5 Å². The lowest BCUT2D eigenvalue weighted by molar-refractivity contribution is -0.136. The van der Waals surface area contributed by atoms with Crippen molar-refractivity contribution in [3.63, 3.8) is 0 Å². The number of halogens is 2. The zero-order valence-corrected chi connectivity index (χ0v) is 5.74. The molecule has 1 nitrogen and oxygen atoms in total. The molecule has 0 bridgehead atoms. The number of alkyl halides is 2. The van der Waals surface area contributed by atoms with Crippen molar-refractivity contribution in [3.8, 4) is 0 Å². The van der Waals surface area contributed by atoms with E-state index >= 15 is 0 Å². The maximum atomic E-state index is 12.0. The lowest BCUT2D eigenvalue weighted by Crippen LogP contribution is -2.32. The number of carbonyl (C=O) groups excluding carboxylic acids is 1. The van der Waals surface area contributed by atoms with Crippen molar-refractivity contribution in [2.75, 3.05) is 0 Å². The van der Waals surface area contributed by atoms with Gasteiger partial charge in [0.15, 0.2) is 5.78 Å². The molecule has 0 aromatic rings. The molecule has 0 spiro atoms. The fourth-order valence-electron chi connectivity index (χ4n) is 0.507. The molecule has 0 radical (unpaired) electrons. The summed E-state index contributed by atoms with van der Waals surface area (Å²) in [6, 6.07) is 0. The SMILES string of the molecule is BC(F)(F)C(=O)C(C)C. The molecule has 0 saturated carbocycles. The minimum Gasteiger partial charge on any atom is -0.294 e. The Morgan fingerprint density at radius 3 is 1.89 bits per heavy atom. The van der Waals surface area contributed by atoms with E-state index in [9.17, 15) is 13.6 Å². The maximum absolute atomic E-state index is 12.0. The van der Waals surface area contributed by atoms with E-state index in [-0.39, 0.29) is 0 Å². The van der Waals surface area contributed by atoms with Crippen LogP contribution in [0.5, 0.6) is 0 Å². The molecule has 0 aliphatic heterocycles. The van der Waals surface area contributed by atoms with Crippen LogP contribution in [0.25, 0.3) is 0 Å². The first-order valence-corrected chi connectivity index (χ1v) is 2.78. The molecule has 0 heterocycles. The van der Waals surface area contributed by atoms with Crippen molar-refractivity contribution in [2.45, 2.75) is 19.7 Å². The molecule has 0 aliphatic carbocycles. The van der Waals surface area contributed by atoms with Gasteiger partial charge in [-0.25, -0.2) is 8.78 Å². The summed E-state index contributed by atoms with van der Waals surface area (Å²) >= 11 is 0. The zero-order valence-electron chi connectivity index (χ0n) is 5.74. The molecule has 0 aliphatic rings. The van der Waals surface area contributed by atoms with Crippen molar-refractivity contribution in [1.29, 1.82) is 0 Å². The van der Waals surface area contributed by atoms with Crippen LogP contribution in [0.3, 0.4) is 0 Å². The van der Waals surface area contributed by atoms with Crippen LogP contribution >= 0.6 is 0 Å². The van der Waals surface area contributed by atoms with Crippen LogP contribution in [-0.2, 0) is 4.79 Å². The minimum atomic E-state index is -3.16. The third-order valence-corrected chi connectivity index (χ3v) is 0.957. The van der Waals surface area contributed by atoms with Gasteiger partial charge in [-0.2, -0.15) is 0 Å². The molecule has 0 atom stereocenters. The summed E-state index contributed by atoms with van der Waals surface area (Å²) in [5.74, 6) is -4.73. The summed E-state index contributed by atoms with van der Waals surface area (Å²) in [6.45, 7) is 2.92. The molecular formula is C5H9BF2O. The molecule has 0 aromatic carbocycles. The largest absolute Gasteiger partial charge is 0.294 e. The Balaban J connectivity index is 4.06. The molecule has 0 unspecified atom stereocenters. The van der Waals surface area contributed by atoms with Gasteiger partial charge in [0.1, 0.15) is 0 Å². The first-order chi connectivity index (χ1) is 3.85. The predicted octanol–water partition coefficient (Wildman–Crippen LogP) is 0.437. The minimum absolute atomic E-state index is 0.579. The third kappa shape index (κ3) is 2.58. The molecule has 4 heteroatoms. The topological polar surface area (TPSA) is 17.1 Å². The second-order valence-corrected chi connectivity index (χ2v) is 2.41. The predicted molar refractivity (Wildman–Crippen MR) is 33.3 cm³/mol. The molecule has 0 aromatic heterocycles. The fourth-order valence-corrected chi connectivity index (χ4v) is 0.507. The standard InChI is InChI=1S/C5H9BF2O/c1-3(2)4(9)5(6,7)8/h3H,6H2,1-2H3. The van der Waals surface area contributed by atoms with E-state index in [0.29, 0.717) is 7.85 Å². The highest BCUT2D eigenvalue weighted by atomic mass is 19.3. The van der Waals surface area contributed by atoms with E-state index in [2.05, 4.69) is 0 Å². The van der Waals surface area contributed by atoms with E-state index in [4.69, 9.17) is 0 Å². The average molecular weight is 134 g/mol. The lowest BCUT2D eigenvalue weighted by atomic mass is 9.88. The number of rotatable bonds is 2. The Morgan fingerprint density at radius 2 is 1.89 bits per heavy atom. The maximum Gasteiger partial charge on any atom is 0.262 e. The molecule has 0 N–H and O–H groups in total. The number of hydrogen-bond acceptors (Lipinski definition) is 1. The third-order valence-electron chi connectivity index (χ3n) is 0.957. The van der Waals surface area contributed by atoms with Gasteiger partial charge in [0.25, 0.3) is 5.82 Å². The summed E-state index contributed by atoms with van der Waals surface area (Å²) in [5.41, 5.74) is 0. The van der Waals surface area contributed by atoms with E-state index < -0.39 is 17.5 Å². The van der Waals surface area contributed by atoms with Gasteiger partial charge in [-0.05, 0) is 0 Å². The lowest BCUT2D eigenvalue weighted by Gasteiger charge is -2.10. The molecular weight excluding hydrogens is 125 g/mol. The summed E-state index contributed by atoms with van der Waals surface area (Å²) in [4.78, 5) is 10.4. The molecule has 0 amide bonds. The number of Topliss-reactive ketones (excluding diaryl/α,β-unsaturated/α-hetero) is 1. The van der Waals surface area contributed by atoms with Crippen LogP contribution in [0, 0.1) is 5.92 Å². The fraction of sp³-hybridized carbons (Fsp3) is 0.800. The highest BCUT2D eigenvalue weighted by Gasteiger charge is 2.33. The van der Waals surface area contributed by atoms with Crippen molar-refractivity contribution >= 4 is 13.6 Å². The van der Waals surface area contributed by atoms with Gasteiger partial charge in [0.05, 0.1) is 0 Å². The summed E-state index contributed by atoms with van der Waals surface area (Å²) in [7, 11) is 0.620. The number of hydrogen-bond donors (Lipinski definition) is 0. The number of ketones is 1. The van der Waals surface area contributed by atoms with Gasteiger partial charge >= 0.3 is 0 Å². The van der Waals surface area contributed by atoms with E-state index in [0.717, 1.165) is 0 Å². The van der Waals surface area contributed by atoms with Crippen molar-refractivity contribution < 1.29 is 13.6 Å².